The van der Waals surface area contributed by atoms with Crippen LogP contribution in [0.15, 0.2) is 47.7 Å². The molecule has 1 aromatic heterocycles. The first-order chi connectivity index (χ1) is 15.5. The molecule has 1 aliphatic heterocycles. The zero-order valence-electron chi connectivity index (χ0n) is 18.9. The smallest absolute Gasteiger partial charge is 0.270 e. The van der Waals surface area contributed by atoms with E-state index in [0.717, 1.165) is 67.5 Å². The summed E-state index contributed by atoms with van der Waals surface area (Å²) in [5.41, 5.74) is 5.66. The first-order valence-electron chi connectivity index (χ1n) is 11.5. The van der Waals surface area contributed by atoms with Crippen LogP contribution in [0.25, 0.3) is 0 Å². The van der Waals surface area contributed by atoms with Gasteiger partial charge in [0, 0.05) is 18.1 Å². The van der Waals surface area contributed by atoms with Crippen molar-refractivity contribution in [3.05, 3.63) is 70.7 Å². The van der Waals surface area contributed by atoms with E-state index in [1.165, 1.54) is 5.56 Å². The van der Waals surface area contributed by atoms with Gasteiger partial charge in [-0.25, -0.2) is 9.99 Å². The number of rotatable bonds is 5. The van der Waals surface area contributed by atoms with Crippen molar-refractivity contribution in [1.29, 1.82) is 0 Å². The number of carbonyl (C=O) groups excluding carboxylic acids is 1. The molecule has 0 radical (unpaired) electrons. The molecule has 6 nitrogen and oxygen atoms in total. The number of anilines is 1. The summed E-state index contributed by atoms with van der Waals surface area (Å²) in [6, 6.07) is 10.1. The molecule has 0 unspecified atom stereocenters. The van der Waals surface area contributed by atoms with Gasteiger partial charge in [0.15, 0.2) is 0 Å². The van der Waals surface area contributed by atoms with Crippen LogP contribution in [-0.2, 0) is 6.42 Å². The van der Waals surface area contributed by atoms with Crippen LogP contribution in [0.2, 0.25) is 0 Å². The standard InChI is InChI=1S/C26H32N4O2/c1-18-19(2)28-24(26(32)29-23-8-4-5-9-25(23)31)17-21(18)16-20-10-12-22(13-11-20)30-15-7-3-6-14-27-30/h7,10-15,17,23,25,31H,3-6,8-9,16H2,1-2H3,(H,29,32)/t23-,25-/m0/s1. The molecular formula is C26H32N4O2. The quantitative estimate of drug-likeness (QED) is 0.733. The summed E-state index contributed by atoms with van der Waals surface area (Å²) in [5, 5.41) is 19.5. The number of hydrogen-bond acceptors (Lipinski definition) is 5. The minimum absolute atomic E-state index is 0.189. The summed E-state index contributed by atoms with van der Waals surface area (Å²) in [6.07, 6.45) is 11.9. The number of benzene rings is 1. The Kier molecular flexibility index (Phi) is 7.00. The Labute approximate surface area is 190 Å². The lowest BCUT2D eigenvalue weighted by Gasteiger charge is -2.28. The van der Waals surface area contributed by atoms with Gasteiger partial charge in [0.1, 0.15) is 5.69 Å². The molecule has 1 amide bonds. The number of aliphatic hydroxyl groups is 1. The molecule has 2 heterocycles. The number of aromatic nitrogens is 1. The minimum atomic E-state index is -0.472. The van der Waals surface area contributed by atoms with Crippen LogP contribution in [0, 0.1) is 13.8 Å². The van der Waals surface area contributed by atoms with Crippen molar-refractivity contribution < 1.29 is 9.90 Å². The van der Waals surface area contributed by atoms with Crippen LogP contribution in [0.4, 0.5) is 5.69 Å². The van der Waals surface area contributed by atoms with Gasteiger partial charge in [-0.15, -0.1) is 0 Å². The van der Waals surface area contributed by atoms with Gasteiger partial charge < -0.3 is 10.4 Å². The summed E-state index contributed by atoms with van der Waals surface area (Å²) in [5.74, 6) is -0.207. The van der Waals surface area contributed by atoms with Crippen molar-refractivity contribution in [2.45, 2.75) is 70.9 Å². The monoisotopic (exact) mass is 432 g/mol. The Morgan fingerprint density at radius 3 is 2.72 bits per heavy atom. The zero-order chi connectivity index (χ0) is 22.5. The van der Waals surface area contributed by atoms with Crippen molar-refractivity contribution in [3.63, 3.8) is 0 Å². The van der Waals surface area contributed by atoms with Crippen LogP contribution >= 0.6 is 0 Å². The summed E-state index contributed by atoms with van der Waals surface area (Å²) >= 11 is 0. The van der Waals surface area contributed by atoms with Crippen LogP contribution in [-0.4, -0.2) is 34.4 Å². The lowest BCUT2D eigenvalue weighted by Crippen LogP contribution is -2.45. The summed E-state index contributed by atoms with van der Waals surface area (Å²) < 4.78 is 0. The van der Waals surface area contributed by atoms with Crippen molar-refractivity contribution in [2.24, 2.45) is 5.10 Å². The van der Waals surface area contributed by atoms with Gasteiger partial charge in [-0.05, 0) is 80.8 Å². The highest BCUT2D eigenvalue weighted by atomic mass is 16.3. The maximum absolute atomic E-state index is 12.9. The lowest BCUT2D eigenvalue weighted by atomic mass is 9.92. The van der Waals surface area contributed by atoms with Crippen LogP contribution < -0.4 is 10.3 Å². The molecule has 0 saturated heterocycles. The highest BCUT2D eigenvalue weighted by Gasteiger charge is 2.25. The third kappa shape index (κ3) is 5.25. The maximum Gasteiger partial charge on any atom is 0.270 e. The molecule has 1 saturated carbocycles. The normalized spacial score (nSPS) is 20.8. The Hall–Kier alpha value is -2.99. The third-order valence-electron chi connectivity index (χ3n) is 6.41. The summed E-state index contributed by atoms with van der Waals surface area (Å²) in [4.78, 5) is 17.4. The average Bonchev–Trinajstić information content (AvgIpc) is 3.08. The molecule has 2 N–H and O–H groups in total. The van der Waals surface area contributed by atoms with Crippen molar-refractivity contribution in [3.8, 4) is 0 Å². The number of nitrogens with zero attached hydrogens (tertiary/aromatic N) is 3. The van der Waals surface area contributed by atoms with Gasteiger partial charge in [-0.2, -0.15) is 5.10 Å². The fourth-order valence-corrected chi connectivity index (χ4v) is 4.29. The van der Waals surface area contributed by atoms with Crippen LogP contribution in [0.5, 0.6) is 0 Å². The molecule has 0 spiro atoms. The largest absolute Gasteiger partial charge is 0.391 e. The number of amides is 1. The maximum atomic E-state index is 12.9. The highest BCUT2D eigenvalue weighted by Crippen LogP contribution is 2.23. The predicted octanol–water partition coefficient (Wildman–Crippen LogP) is 4.42. The molecule has 32 heavy (non-hydrogen) atoms. The number of hydrogen-bond donors (Lipinski definition) is 2. The van der Waals surface area contributed by atoms with Gasteiger partial charge >= 0.3 is 0 Å². The number of allylic oxidation sites excluding steroid dienone is 1. The van der Waals surface area contributed by atoms with Crippen LogP contribution in [0.1, 0.15) is 71.4 Å². The molecule has 2 aliphatic rings. The van der Waals surface area contributed by atoms with Gasteiger partial charge in [0.2, 0.25) is 0 Å². The van der Waals surface area contributed by atoms with E-state index in [-0.39, 0.29) is 11.9 Å². The Bertz CT molecular complexity index is 999. The first-order valence-corrected chi connectivity index (χ1v) is 11.5. The molecule has 1 aliphatic carbocycles. The Morgan fingerprint density at radius 2 is 1.94 bits per heavy atom. The summed E-state index contributed by atoms with van der Waals surface area (Å²) in [7, 11) is 0. The SMILES string of the molecule is Cc1nc(C(=O)N[C@H]2CCCC[C@@H]2O)cc(Cc2ccc(N3C=CCCC=N3)cc2)c1C. The van der Waals surface area contributed by atoms with Crippen LogP contribution in [0.3, 0.4) is 0 Å². The van der Waals surface area contributed by atoms with E-state index in [0.29, 0.717) is 5.69 Å². The molecule has 1 aromatic carbocycles. The van der Waals surface area contributed by atoms with E-state index in [2.05, 4.69) is 52.7 Å². The topological polar surface area (TPSA) is 77.8 Å². The number of pyridine rings is 1. The highest BCUT2D eigenvalue weighted by molar-refractivity contribution is 5.92. The van der Waals surface area contributed by atoms with Crippen molar-refractivity contribution >= 4 is 17.8 Å². The van der Waals surface area contributed by atoms with Gasteiger partial charge in [0.25, 0.3) is 5.91 Å². The second kappa shape index (κ2) is 10.1. The first kappa shape index (κ1) is 22.2. The molecule has 6 heteroatoms. The van der Waals surface area contributed by atoms with E-state index in [1.54, 1.807) is 0 Å². The second-order valence-corrected chi connectivity index (χ2v) is 8.76. The van der Waals surface area contributed by atoms with Crippen molar-refractivity contribution in [1.82, 2.24) is 10.3 Å². The molecule has 2 aromatic rings. The predicted molar refractivity (Wildman–Crippen MR) is 128 cm³/mol. The number of hydrazone groups is 1. The molecule has 1 fully saturated rings. The number of aliphatic hydroxyl groups excluding tert-OH is 1. The fraction of sp³-hybridized carbons (Fsp3) is 0.423. The number of carbonyl (C=O) groups is 1. The molecule has 168 valence electrons. The molecule has 2 atom stereocenters. The van der Waals surface area contributed by atoms with E-state index >= 15 is 0 Å². The van der Waals surface area contributed by atoms with E-state index in [4.69, 9.17) is 0 Å². The second-order valence-electron chi connectivity index (χ2n) is 8.76. The Balaban J connectivity index is 1.49. The van der Waals surface area contributed by atoms with Gasteiger partial charge in [0.05, 0.1) is 17.8 Å². The molecule has 4 rings (SSSR count). The zero-order valence-corrected chi connectivity index (χ0v) is 18.9. The van der Waals surface area contributed by atoms with Gasteiger partial charge in [-0.3, -0.25) is 4.79 Å². The Morgan fingerprint density at radius 1 is 1.16 bits per heavy atom. The molecule has 0 bridgehead atoms. The fourth-order valence-electron chi connectivity index (χ4n) is 4.29. The molecular weight excluding hydrogens is 400 g/mol. The number of nitrogens with one attached hydrogen (secondary N) is 1. The van der Waals surface area contributed by atoms with E-state index in [1.807, 2.05) is 30.4 Å². The third-order valence-corrected chi connectivity index (χ3v) is 6.41. The number of aryl methyl sites for hydroxylation is 1. The van der Waals surface area contributed by atoms with Gasteiger partial charge in [-0.1, -0.05) is 31.1 Å². The minimum Gasteiger partial charge on any atom is -0.391 e. The average molecular weight is 433 g/mol. The van der Waals surface area contributed by atoms with Crippen molar-refractivity contribution in [2.75, 3.05) is 5.01 Å². The summed E-state index contributed by atoms with van der Waals surface area (Å²) in [6.45, 7) is 3.99. The lowest BCUT2D eigenvalue weighted by molar-refractivity contribution is 0.0713. The van der Waals surface area contributed by atoms with E-state index in [9.17, 15) is 9.90 Å². The van der Waals surface area contributed by atoms with E-state index < -0.39 is 6.10 Å².